The summed E-state index contributed by atoms with van der Waals surface area (Å²) in [4.78, 5) is 12.0. The van der Waals surface area contributed by atoms with Gasteiger partial charge in [-0.2, -0.15) is 4.98 Å². The molecule has 1 aromatic carbocycles. The Morgan fingerprint density at radius 1 is 1.24 bits per heavy atom. The molecule has 2 aromatic rings. The Balaban J connectivity index is 1.78. The van der Waals surface area contributed by atoms with Crippen molar-refractivity contribution in [2.45, 2.75) is 38.6 Å². The lowest BCUT2D eigenvalue weighted by atomic mass is 10.1. The largest absolute Gasteiger partial charge is 0.354 e. The number of piperidine rings is 1. The molecule has 1 saturated carbocycles. The summed E-state index contributed by atoms with van der Waals surface area (Å²) in [7, 11) is 0. The van der Waals surface area contributed by atoms with Crippen molar-refractivity contribution < 1.29 is 0 Å². The van der Waals surface area contributed by atoms with E-state index in [1.165, 1.54) is 31.2 Å². The second-order valence-corrected chi connectivity index (χ2v) is 6.30. The molecule has 2 aliphatic rings. The normalized spacial score (nSPS) is 24.0. The molecule has 1 aliphatic carbocycles. The zero-order valence-electron chi connectivity index (χ0n) is 12.5. The number of nitrogens with zero attached hydrogens (tertiary/aromatic N) is 3. The number of aromatic nitrogens is 2. The number of fused-ring (bicyclic) bond motifs is 3. The first kappa shape index (κ1) is 12.9. The smallest absolute Gasteiger partial charge is 0.225 e. The van der Waals surface area contributed by atoms with E-state index in [0.29, 0.717) is 6.04 Å². The molecule has 1 N–H and O–H groups in total. The van der Waals surface area contributed by atoms with E-state index in [2.05, 4.69) is 46.4 Å². The highest BCUT2D eigenvalue weighted by Crippen LogP contribution is 2.41. The molecule has 1 aromatic heterocycles. The van der Waals surface area contributed by atoms with Crippen LogP contribution in [0.1, 0.15) is 32.6 Å². The molecular weight excluding hydrogens is 260 g/mol. The fourth-order valence-electron chi connectivity index (χ4n) is 3.78. The molecule has 4 heteroatoms. The number of para-hydroxylation sites is 1. The SMILES string of the molecule is CCCNc1nc(N2CC3CCC2C3)c2ccccc2n1. The highest BCUT2D eigenvalue weighted by atomic mass is 15.3. The van der Waals surface area contributed by atoms with Gasteiger partial charge in [-0.3, -0.25) is 0 Å². The van der Waals surface area contributed by atoms with Crippen molar-refractivity contribution in [1.82, 2.24) is 9.97 Å². The van der Waals surface area contributed by atoms with Crippen molar-refractivity contribution in [2.24, 2.45) is 5.92 Å². The standard InChI is InChI=1S/C17H22N4/c1-2-9-18-17-19-15-6-4-3-5-14(15)16(20-17)21-11-12-7-8-13(21)10-12/h3-6,12-13H,2,7-11H2,1H3,(H,18,19,20). The maximum Gasteiger partial charge on any atom is 0.225 e. The zero-order valence-corrected chi connectivity index (χ0v) is 12.5. The number of hydrogen-bond donors (Lipinski definition) is 1. The van der Waals surface area contributed by atoms with Crippen LogP contribution in [0.25, 0.3) is 10.9 Å². The summed E-state index contributed by atoms with van der Waals surface area (Å²) in [6, 6.07) is 9.07. The van der Waals surface area contributed by atoms with Gasteiger partial charge in [-0.15, -0.1) is 0 Å². The van der Waals surface area contributed by atoms with Crippen LogP contribution < -0.4 is 10.2 Å². The summed E-state index contributed by atoms with van der Waals surface area (Å²) in [5, 5.41) is 4.53. The van der Waals surface area contributed by atoms with Crippen LogP contribution in [0.2, 0.25) is 0 Å². The van der Waals surface area contributed by atoms with Crippen LogP contribution in [-0.2, 0) is 0 Å². The summed E-state index contributed by atoms with van der Waals surface area (Å²) in [6.45, 7) is 4.25. The van der Waals surface area contributed by atoms with Gasteiger partial charge in [0.05, 0.1) is 5.52 Å². The van der Waals surface area contributed by atoms with Crippen LogP contribution in [0.5, 0.6) is 0 Å². The zero-order chi connectivity index (χ0) is 14.2. The minimum atomic E-state index is 0.687. The van der Waals surface area contributed by atoms with Crippen molar-refractivity contribution in [1.29, 1.82) is 0 Å². The van der Waals surface area contributed by atoms with Gasteiger partial charge in [-0.25, -0.2) is 4.98 Å². The topological polar surface area (TPSA) is 41.1 Å². The molecule has 110 valence electrons. The number of nitrogens with one attached hydrogen (secondary N) is 1. The average molecular weight is 282 g/mol. The van der Waals surface area contributed by atoms with Gasteiger partial charge in [0.15, 0.2) is 0 Å². The number of benzene rings is 1. The summed E-state index contributed by atoms with van der Waals surface area (Å²) in [5.74, 6) is 2.77. The average Bonchev–Trinajstić information content (AvgIpc) is 3.15. The molecule has 0 spiro atoms. The first-order chi connectivity index (χ1) is 10.3. The van der Waals surface area contributed by atoms with E-state index in [0.717, 1.165) is 36.2 Å². The van der Waals surface area contributed by atoms with Gasteiger partial charge in [-0.1, -0.05) is 19.1 Å². The summed E-state index contributed by atoms with van der Waals surface area (Å²) >= 11 is 0. The highest BCUT2D eigenvalue weighted by Gasteiger charge is 2.39. The van der Waals surface area contributed by atoms with Gasteiger partial charge in [0.2, 0.25) is 5.95 Å². The Labute approximate surface area is 125 Å². The molecule has 0 radical (unpaired) electrons. The van der Waals surface area contributed by atoms with E-state index < -0.39 is 0 Å². The first-order valence-corrected chi connectivity index (χ1v) is 8.12. The molecule has 2 unspecified atom stereocenters. The van der Waals surface area contributed by atoms with Crippen molar-refractivity contribution in [3.63, 3.8) is 0 Å². The predicted molar refractivity (Wildman–Crippen MR) is 86.8 cm³/mol. The molecule has 2 fully saturated rings. The van der Waals surface area contributed by atoms with Gasteiger partial charge >= 0.3 is 0 Å². The van der Waals surface area contributed by atoms with Crippen LogP contribution >= 0.6 is 0 Å². The molecule has 21 heavy (non-hydrogen) atoms. The number of hydrogen-bond acceptors (Lipinski definition) is 4. The minimum Gasteiger partial charge on any atom is -0.354 e. The lowest BCUT2D eigenvalue weighted by Gasteiger charge is -2.29. The lowest BCUT2D eigenvalue weighted by molar-refractivity contribution is 0.551. The lowest BCUT2D eigenvalue weighted by Crippen LogP contribution is -2.33. The highest BCUT2D eigenvalue weighted by molar-refractivity contribution is 5.90. The number of rotatable bonds is 4. The van der Waals surface area contributed by atoms with Crippen LogP contribution in [0.3, 0.4) is 0 Å². The van der Waals surface area contributed by atoms with E-state index >= 15 is 0 Å². The number of anilines is 2. The third-order valence-corrected chi connectivity index (χ3v) is 4.80. The first-order valence-electron chi connectivity index (χ1n) is 8.12. The van der Waals surface area contributed by atoms with Gasteiger partial charge in [0.25, 0.3) is 0 Å². The van der Waals surface area contributed by atoms with Crippen LogP contribution in [-0.4, -0.2) is 29.1 Å². The molecule has 2 atom stereocenters. The Morgan fingerprint density at radius 2 is 2.14 bits per heavy atom. The van der Waals surface area contributed by atoms with E-state index in [-0.39, 0.29) is 0 Å². The summed E-state index contributed by atoms with van der Waals surface area (Å²) in [5.41, 5.74) is 1.05. The maximum atomic E-state index is 4.84. The van der Waals surface area contributed by atoms with E-state index in [1.54, 1.807) is 0 Å². The van der Waals surface area contributed by atoms with E-state index in [4.69, 9.17) is 4.98 Å². The van der Waals surface area contributed by atoms with Crippen molar-refractivity contribution in [3.05, 3.63) is 24.3 Å². The van der Waals surface area contributed by atoms with Crippen molar-refractivity contribution in [2.75, 3.05) is 23.3 Å². The molecular formula is C17H22N4. The molecule has 2 heterocycles. The Kier molecular flexibility index (Phi) is 3.17. The maximum absolute atomic E-state index is 4.84. The molecule has 1 saturated heterocycles. The Bertz CT molecular complexity index is 654. The van der Waals surface area contributed by atoms with Crippen LogP contribution in [0.4, 0.5) is 11.8 Å². The second kappa shape index (κ2) is 5.17. The van der Waals surface area contributed by atoms with Crippen molar-refractivity contribution in [3.8, 4) is 0 Å². The third kappa shape index (κ3) is 2.23. The van der Waals surface area contributed by atoms with Crippen LogP contribution in [0.15, 0.2) is 24.3 Å². The molecule has 2 bridgehead atoms. The quantitative estimate of drug-likeness (QED) is 0.932. The molecule has 1 aliphatic heterocycles. The minimum absolute atomic E-state index is 0.687. The fourth-order valence-corrected chi connectivity index (χ4v) is 3.78. The van der Waals surface area contributed by atoms with Gasteiger partial charge in [-0.05, 0) is 43.7 Å². The molecule has 0 amide bonds. The van der Waals surface area contributed by atoms with Gasteiger partial charge < -0.3 is 10.2 Å². The van der Waals surface area contributed by atoms with E-state index in [9.17, 15) is 0 Å². The van der Waals surface area contributed by atoms with Crippen LogP contribution in [0, 0.1) is 5.92 Å². The Morgan fingerprint density at radius 3 is 2.90 bits per heavy atom. The molecule has 4 rings (SSSR count). The van der Waals surface area contributed by atoms with Gasteiger partial charge in [0, 0.05) is 24.5 Å². The second-order valence-electron chi connectivity index (χ2n) is 6.30. The predicted octanol–water partition coefficient (Wildman–Crippen LogP) is 3.44. The van der Waals surface area contributed by atoms with Gasteiger partial charge in [0.1, 0.15) is 5.82 Å². The molecule has 4 nitrogen and oxygen atoms in total. The van der Waals surface area contributed by atoms with Crippen molar-refractivity contribution >= 4 is 22.7 Å². The summed E-state index contributed by atoms with van der Waals surface area (Å²) in [6.07, 6.45) is 5.14. The Hall–Kier alpha value is -1.84. The van der Waals surface area contributed by atoms with E-state index in [1.807, 2.05) is 0 Å². The summed E-state index contributed by atoms with van der Waals surface area (Å²) < 4.78 is 0. The fraction of sp³-hybridized carbons (Fsp3) is 0.529. The monoisotopic (exact) mass is 282 g/mol. The third-order valence-electron chi connectivity index (χ3n) is 4.80.